The van der Waals surface area contributed by atoms with Crippen LogP contribution in [0.25, 0.3) is 6.08 Å². The number of nitro groups is 1. The second-order valence-electron chi connectivity index (χ2n) is 5.12. The van der Waals surface area contributed by atoms with Crippen molar-refractivity contribution in [2.45, 2.75) is 12.8 Å². The molecule has 0 atom stereocenters. The maximum atomic E-state index is 12.5. The summed E-state index contributed by atoms with van der Waals surface area (Å²) in [5.74, 6) is -0.0376. The van der Waals surface area contributed by atoms with Crippen LogP contribution >= 0.6 is 11.6 Å². The van der Waals surface area contributed by atoms with Crippen LogP contribution in [-0.2, 0) is 6.42 Å². The first-order valence-electron chi connectivity index (χ1n) is 6.83. The van der Waals surface area contributed by atoms with Crippen molar-refractivity contribution in [3.63, 3.8) is 0 Å². The van der Waals surface area contributed by atoms with Crippen LogP contribution in [0, 0.1) is 10.1 Å². The van der Waals surface area contributed by atoms with Crippen LogP contribution in [0.1, 0.15) is 27.9 Å². The van der Waals surface area contributed by atoms with Gasteiger partial charge in [-0.3, -0.25) is 14.9 Å². The van der Waals surface area contributed by atoms with E-state index in [0.717, 1.165) is 12.0 Å². The Morgan fingerprint density at radius 1 is 1.14 bits per heavy atom. The molecule has 0 saturated heterocycles. The number of hydrogen-bond acceptors (Lipinski definition) is 3. The molecule has 3 rings (SSSR count). The highest BCUT2D eigenvalue weighted by molar-refractivity contribution is 6.32. The first-order valence-corrected chi connectivity index (χ1v) is 7.21. The van der Waals surface area contributed by atoms with Crippen molar-refractivity contribution >= 4 is 29.1 Å². The Kier molecular flexibility index (Phi) is 3.77. The summed E-state index contributed by atoms with van der Waals surface area (Å²) >= 11 is 6.09. The van der Waals surface area contributed by atoms with Gasteiger partial charge >= 0.3 is 0 Å². The highest BCUT2D eigenvalue weighted by atomic mass is 35.5. The highest BCUT2D eigenvalue weighted by Crippen LogP contribution is 2.29. The highest BCUT2D eigenvalue weighted by Gasteiger charge is 2.21. The molecule has 0 aromatic heterocycles. The SMILES string of the molecule is O=C1/C(=C/c2cc([N+](=O)[O-])ccc2Cl)CCc2ccccc21. The van der Waals surface area contributed by atoms with E-state index in [9.17, 15) is 14.9 Å². The Bertz CT molecular complexity index is 811. The number of benzene rings is 2. The molecule has 2 aromatic rings. The number of allylic oxidation sites excluding steroid dienone is 1. The van der Waals surface area contributed by atoms with Crippen LogP contribution in [0.2, 0.25) is 5.02 Å². The van der Waals surface area contributed by atoms with Gasteiger partial charge in [-0.15, -0.1) is 0 Å². The van der Waals surface area contributed by atoms with E-state index in [0.29, 0.717) is 28.1 Å². The van der Waals surface area contributed by atoms with Gasteiger partial charge < -0.3 is 0 Å². The molecule has 4 nitrogen and oxygen atoms in total. The second kappa shape index (κ2) is 5.73. The first-order chi connectivity index (χ1) is 10.6. The number of halogens is 1. The smallest absolute Gasteiger partial charge is 0.270 e. The second-order valence-corrected chi connectivity index (χ2v) is 5.53. The van der Waals surface area contributed by atoms with Gasteiger partial charge in [0, 0.05) is 33.9 Å². The van der Waals surface area contributed by atoms with Crippen molar-refractivity contribution in [3.05, 3.63) is 79.9 Å². The van der Waals surface area contributed by atoms with E-state index in [1.54, 1.807) is 12.1 Å². The zero-order valence-corrected chi connectivity index (χ0v) is 12.3. The van der Waals surface area contributed by atoms with Crippen molar-refractivity contribution < 1.29 is 9.72 Å². The fraction of sp³-hybridized carbons (Fsp3) is 0.118. The summed E-state index contributed by atoms with van der Waals surface area (Å²) in [6, 6.07) is 11.7. The Balaban J connectivity index is 2.02. The third kappa shape index (κ3) is 2.65. The van der Waals surface area contributed by atoms with Crippen molar-refractivity contribution in [1.82, 2.24) is 0 Å². The van der Waals surface area contributed by atoms with Crippen LogP contribution in [0.4, 0.5) is 5.69 Å². The van der Waals surface area contributed by atoms with Gasteiger partial charge in [0.1, 0.15) is 0 Å². The first kappa shape index (κ1) is 14.5. The number of aryl methyl sites for hydroxylation is 1. The van der Waals surface area contributed by atoms with Gasteiger partial charge in [-0.25, -0.2) is 0 Å². The lowest BCUT2D eigenvalue weighted by atomic mass is 9.86. The number of nitrogens with zero attached hydrogens (tertiary/aromatic N) is 1. The molecular weight excluding hydrogens is 302 g/mol. The molecule has 2 aromatic carbocycles. The maximum absolute atomic E-state index is 12.5. The Morgan fingerprint density at radius 3 is 2.68 bits per heavy atom. The molecule has 1 aliphatic rings. The van der Waals surface area contributed by atoms with Gasteiger partial charge in [-0.05, 0) is 30.5 Å². The van der Waals surface area contributed by atoms with Crippen LogP contribution in [0.15, 0.2) is 48.0 Å². The molecule has 110 valence electrons. The van der Waals surface area contributed by atoms with Crippen molar-refractivity contribution in [1.29, 1.82) is 0 Å². The van der Waals surface area contributed by atoms with E-state index in [1.165, 1.54) is 18.2 Å². The molecule has 0 bridgehead atoms. The van der Waals surface area contributed by atoms with E-state index in [4.69, 9.17) is 11.6 Å². The number of ketones is 1. The number of rotatable bonds is 2. The van der Waals surface area contributed by atoms with E-state index in [1.807, 2.05) is 18.2 Å². The summed E-state index contributed by atoms with van der Waals surface area (Å²) in [5.41, 5.74) is 2.82. The van der Waals surface area contributed by atoms with Gasteiger partial charge in [0.05, 0.1) is 4.92 Å². The minimum absolute atomic E-state index is 0.0376. The molecule has 0 spiro atoms. The topological polar surface area (TPSA) is 60.2 Å². The quantitative estimate of drug-likeness (QED) is 0.467. The van der Waals surface area contributed by atoms with Gasteiger partial charge in [0.2, 0.25) is 0 Å². The molecule has 0 unspecified atom stereocenters. The molecular formula is C17H12ClNO3. The van der Waals surface area contributed by atoms with Gasteiger partial charge in [0.25, 0.3) is 5.69 Å². The molecule has 0 saturated carbocycles. The Morgan fingerprint density at radius 2 is 1.91 bits per heavy atom. The molecule has 0 N–H and O–H groups in total. The monoisotopic (exact) mass is 313 g/mol. The molecule has 0 amide bonds. The fourth-order valence-corrected chi connectivity index (χ4v) is 2.77. The standard InChI is InChI=1S/C17H12ClNO3/c18-16-8-7-14(19(21)22)10-13(16)9-12-6-5-11-3-1-2-4-15(11)17(12)20/h1-4,7-10H,5-6H2/b12-9+. The molecule has 22 heavy (non-hydrogen) atoms. The summed E-state index contributed by atoms with van der Waals surface area (Å²) in [7, 11) is 0. The van der Waals surface area contributed by atoms with Crippen molar-refractivity contribution in [2.75, 3.05) is 0 Å². The van der Waals surface area contributed by atoms with Gasteiger partial charge in [-0.1, -0.05) is 35.9 Å². The number of non-ortho nitro benzene ring substituents is 1. The van der Waals surface area contributed by atoms with E-state index >= 15 is 0 Å². The number of carbonyl (C=O) groups is 1. The Hall–Kier alpha value is -2.46. The predicted molar refractivity (Wildman–Crippen MR) is 85.2 cm³/mol. The summed E-state index contributed by atoms with van der Waals surface area (Å²) in [4.78, 5) is 22.9. The predicted octanol–water partition coefficient (Wildman–Crippen LogP) is 4.46. The third-order valence-electron chi connectivity index (χ3n) is 3.74. The number of hydrogen-bond donors (Lipinski definition) is 0. The van der Waals surface area contributed by atoms with Crippen LogP contribution in [0.3, 0.4) is 0 Å². The Labute approximate surface area is 132 Å². The summed E-state index contributed by atoms with van der Waals surface area (Å²) in [6.45, 7) is 0. The average molecular weight is 314 g/mol. The number of Topliss-reactive ketones (excluding diaryl/α,β-unsaturated/α-hetero) is 1. The van der Waals surface area contributed by atoms with Gasteiger partial charge in [-0.2, -0.15) is 0 Å². The van der Waals surface area contributed by atoms with E-state index < -0.39 is 4.92 Å². The zero-order chi connectivity index (χ0) is 15.7. The normalized spacial score (nSPS) is 15.7. The lowest BCUT2D eigenvalue weighted by Crippen LogP contribution is -2.13. The lowest BCUT2D eigenvalue weighted by molar-refractivity contribution is -0.384. The number of nitro benzene ring substituents is 1. The molecule has 0 aliphatic heterocycles. The number of fused-ring (bicyclic) bond motifs is 1. The van der Waals surface area contributed by atoms with Gasteiger partial charge in [0.15, 0.2) is 5.78 Å². The number of carbonyl (C=O) groups excluding carboxylic acids is 1. The van der Waals surface area contributed by atoms with E-state index in [2.05, 4.69) is 0 Å². The third-order valence-corrected chi connectivity index (χ3v) is 4.08. The van der Waals surface area contributed by atoms with Crippen molar-refractivity contribution in [2.24, 2.45) is 0 Å². The summed E-state index contributed by atoms with van der Waals surface area (Å²) in [6.07, 6.45) is 3.04. The van der Waals surface area contributed by atoms with Crippen LogP contribution in [-0.4, -0.2) is 10.7 Å². The van der Waals surface area contributed by atoms with Crippen LogP contribution in [0.5, 0.6) is 0 Å². The molecule has 0 radical (unpaired) electrons. The van der Waals surface area contributed by atoms with Crippen molar-refractivity contribution in [3.8, 4) is 0 Å². The average Bonchev–Trinajstić information content (AvgIpc) is 2.52. The molecule has 0 heterocycles. The van der Waals surface area contributed by atoms with Crippen LogP contribution < -0.4 is 0 Å². The van der Waals surface area contributed by atoms with E-state index in [-0.39, 0.29) is 11.5 Å². The zero-order valence-electron chi connectivity index (χ0n) is 11.6. The minimum Gasteiger partial charge on any atom is -0.289 e. The molecule has 0 fully saturated rings. The fourth-order valence-electron chi connectivity index (χ4n) is 2.60. The summed E-state index contributed by atoms with van der Waals surface area (Å²) < 4.78 is 0. The maximum Gasteiger partial charge on any atom is 0.270 e. The molecule has 5 heteroatoms. The largest absolute Gasteiger partial charge is 0.289 e. The molecule has 1 aliphatic carbocycles. The minimum atomic E-state index is -0.476. The summed E-state index contributed by atoms with van der Waals surface area (Å²) in [5, 5.41) is 11.3. The lowest BCUT2D eigenvalue weighted by Gasteiger charge is -2.17.